The number of benzene rings is 1. The third-order valence-electron chi connectivity index (χ3n) is 2.66. The van der Waals surface area contributed by atoms with Crippen molar-refractivity contribution in [3.63, 3.8) is 0 Å². The molecule has 0 aliphatic heterocycles. The van der Waals surface area contributed by atoms with Gasteiger partial charge in [-0.2, -0.15) is 11.8 Å². The van der Waals surface area contributed by atoms with Crippen LogP contribution in [0.1, 0.15) is 16.8 Å². The van der Waals surface area contributed by atoms with Crippen LogP contribution < -0.4 is 0 Å². The van der Waals surface area contributed by atoms with Crippen molar-refractivity contribution in [2.24, 2.45) is 0 Å². The molecule has 22 heavy (non-hydrogen) atoms. The molecule has 0 saturated carbocycles. The standard InChI is InChI=1S/C14H20O7S/c1-22-4-2-3-20-7-10(15)8-21-14(19)9-5-11(16)13(18)12(17)6-9/h5-6,10,15-18H,2-4,7-8H2,1H3. The number of phenols is 3. The number of phenolic OH excluding ortho intramolecular Hbond substituents is 3. The summed E-state index contributed by atoms with van der Waals surface area (Å²) in [7, 11) is 0. The molecule has 0 saturated heterocycles. The van der Waals surface area contributed by atoms with Gasteiger partial charge in [-0.1, -0.05) is 0 Å². The van der Waals surface area contributed by atoms with E-state index >= 15 is 0 Å². The summed E-state index contributed by atoms with van der Waals surface area (Å²) in [6.07, 6.45) is 1.91. The van der Waals surface area contributed by atoms with Crippen molar-refractivity contribution in [3.8, 4) is 17.2 Å². The number of aliphatic hydroxyl groups excluding tert-OH is 1. The third kappa shape index (κ3) is 6.00. The van der Waals surface area contributed by atoms with Gasteiger partial charge in [0.15, 0.2) is 17.2 Å². The van der Waals surface area contributed by atoms with E-state index in [1.165, 1.54) is 0 Å². The van der Waals surface area contributed by atoms with Gasteiger partial charge in [0, 0.05) is 6.61 Å². The monoisotopic (exact) mass is 332 g/mol. The summed E-state index contributed by atoms with van der Waals surface area (Å²) in [4.78, 5) is 11.7. The van der Waals surface area contributed by atoms with Gasteiger partial charge >= 0.3 is 5.97 Å². The van der Waals surface area contributed by atoms with Gasteiger partial charge in [-0.15, -0.1) is 0 Å². The van der Waals surface area contributed by atoms with E-state index in [2.05, 4.69) is 0 Å². The second-order valence-electron chi connectivity index (χ2n) is 4.54. The summed E-state index contributed by atoms with van der Waals surface area (Å²) in [6, 6.07) is 1.92. The Morgan fingerprint density at radius 3 is 2.45 bits per heavy atom. The first-order valence-corrected chi connectivity index (χ1v) is 8.02. The maximum Gasteiger partial charge on any atom is 0.338 e. The minimum Gasteiger partial charge on any atom is -0.504 e. The number of ether oxygens (including phenoxy) is 2. The summed E-state index contributed by atoms with van der Waals surface area (Å²) in [6.45, 7) is 0.295. The van der Waals surface area contributed by atoms with Crippen molar-refractivity contribution in [2.45, 2.75) is 12.5 Å². The van der Waals surface area contributed by atoms with Gasteiger partial charge in [-0.3, -0.25) is 0 Å². The molecule has 124 valence electrons. The van der Waals surface area contributed by atoms with Gasteiger partial charge in [0.1, 0.15) is 12.7 Å². The molecule has 1 unspecified atom stereocenters. The van der Waals surface area contributed by atoms with E-state index < -0.39 is 29.3 Å². The number of hydrogen-bond donors (Lipinski definition) is 4. The van der Waals surface area contributed by atoms with Crippen LogP contribution in [0.2, 0.25) is 0 Å². The van der Waals surface area contributed by atoms with E-state index in [0.717, 1.165) is 24.3 Å². The SMILES string of the molecule is CSCCCOCC(O)COC(=O)c1cc(O)c(O)c(O)c1. The Bertz CT molecular complexity index is 469. The normalized spacial score (nSPS) is 12.1. The molecule has 0 heterocycles. The molecule has 1 rings (SSSR count). The molecule has 1 aromatic rings. The number of rotatable bonds is 9. The number of aromatic hydroxyl groups is 3. The molecule has 0 bridgehead atoms. The molecular formula is C14H20O7S. The lowest BCUT2D eigenvalue weighted by Crippen LogP contribution is -2.24. The molecule has 1 aromatic carbocycles. The quantitative estimate of drug-likeness (QED) is 0.302. The molecule has 0 radical (unpaired) electrons. The van der Waals surface area contributed by atoms with E-state index in [1.807, 2.05) is 6.26 Å². The van der Waals surface area contributed by atoms with Gasteiger partial charge in [0.2, 0.25) is 0 Å². The number of hydrogen-bond acceptors (Lipinski definition) is 8. The summed E-state index contributed by atoms with van der Waals surface area (Å²) in [5, 5.41) is 37.4. The lowest BCUT2D eigenvalue weighted by molar-refractivity contribution is -0.0106. The molecule has 0 fully saturated rings. The van der Waals surface area contributed by atoms with Crippen LogP contribution in [-0.4, -0.2) is 64.3 Å². The highest BCUT2D eigenvalue weighted by molar-refractivity contribution is 7.98. The van der Waals surface area contributed by atoms with Crippen LogP contribution in [0.25, 0.3) is 0 Å². The maximum atomic E-state index is 11.7. The van der Waals surface area contributed by atoms with Gasteiger partial charge in [0.05, 0.1) is 12.2 Å². The topological polar surface area (TPSA) is 116 Å². The molecule has 7 nitrogen and oxygen atoms in total. The van der Waals surface area contributed by atoms with Crippen molar-refractivity contribution in [1.29, 1.82) is 0 Å². The fourth-order valence-corrected chi connectivity index (χ4v) is 1.96. The fourth-order valence-electron chi connectivity index (χ4n) is 1.55. The molecule has 0 amide bonds. The molecule has 0 spiro atoms. The zero-order valence-electron chi connectivity index (χ0n) is 12.2. The summed E-state index contributed by atoms with van der Waals surface area (Å²) >= 11 is 1.71. The van der Waals surface area contributed by atoms with Crippen molar-refractivity contribution >= 4 is 17.7 Å². The Kier molecular flexibility index (Phi) is 7.86. The minimum atomic E-state index is -0.961. The van der Waals surface area contributed by atoms with Crippen LogP contribution in [0.5, 0.6) is 17.2 Å². The largest absolute Gasteiger partial charge is 0.504 e. The lowest BCUT2D eigenvalue weighted by atomic mass is 10.2. The number of aliphatic hydroxyl groups is 1. The molecule has 4 N–H and O–H groups in total. The Morgan fingerprint density at radius 1 is 1.23 bits per heavy atom. The van der Waals surface area contributed by atoms with Crippen LogP contribution in [0.3, 0.4) is 0 Å². The number of carbonyl (C=O) groups is 1. The van der Waals surface area contributed by atoms with E-state index in [4.69, 9.17) is 9.47 Å². The zero-order chi connectivity index (χ0) is 16.5. The van der Waals surface area contributed by atoms with Crippen molar-refractivity contribution < 1.29 is 34.7 Å². The van der Waals surface area contributed by atoms with Crippen molar-refractivity contribution in [3.05, 3.63) is 17.7 Å². The molecule has 0 aliphatic rings. The van der Waals surface area contributed by atoms with Crippen LogP contribution in [0.4, 0.5) is 0 Å². The average molecular weight is 332 g/mol. The average Bonchev–Trinajstić information content (AvgIpc) is 2.49. The predicted octanol–water partition coefficient (Wildman–Crippen LogP) is 1.09. The van der Waals surface area contributed by atoms with E-state index in [-0.39, 0.29) is 18.8 Å². The number of carbonyl (C=O) groups excluding carboxylic acids is 1. The van der Waals surface area contributed by atoms with Crippen molar-refractivity contribution in [1.82, 2.24) is 0 Å². The molecular weight excluding hydrogens is 312 g/mol. The van der Waals surface area contributed by atoms with Crippen LogP contribution in [0, 0.1) is 0 Å². The summed E-state index contributed by atoms with van der Waals surface area (Å²) < 4.78 is 10.1. The first kappa shape index (κ1) is 18.4. The highest BCUT2D eigenvalue weighted by Gasteiger charge is 2.16. The smallest absolute Gasteiger partial charge is 0.338 e. The minimum absolute atomic E-state index is 0.0493. The van der Waals surface area contributed by atoms with Gasteiger partial charge in [-0.05, 0) is 30.6 Å². The zero-order valence-corrected chi connectivity index (χ0v) is 13.0. The predicted molar refractivity (Wildman–Crippen MR) is 81.5 cm³/mol. The van der Waals surface area contributed by atoms with Crippen LogP contribution in [-0.2, 0) is 9.47 Å². The first-order valence-electron chi connectivity index (χ1n) is 6.62. The van der Waals surface area contributed by atoms with E-state index in [9.17, 15) is 25.2 Å². The van der Waals surface area contributed by atoms with E-state index in [0.29, 0.717) is 6.61 Å². The Balaban J connectivity index is 2.36. The molecule has 0 aliphatic carbocycles. The summed E-state index contributed by atoms with van der Waals surface area (Å²) in [5.41, 5.74) is -0.138. The van der Waals surface area contributed by atoms with Crippen LogP contribution in [0.15, 0.2) is 12.1 Å². The number of esters is 1. The van der Waals surface area contributed by atoms with Gasteiger partial charge in [0.25, 0.3) is 0 Å². The van der Waals surface area contributed by atoms with E-state index in [1.54, 1.807) is 11.8 Å². The fraction of sp³-hybridized carbons (Fsp3) is 0.500. The van der Waals surface area contributed by atoms with Crippen LogP contribution >= 0.6 is 11.8 Å². The molecule has 8 heteroatoms. The summed E-state index contributed by atoms with van der Waals surface area (Å²) in [5.74, 6) is -1.85. The highest BCUT2D eigenvalue weighted by atomic mass is 32.2. The Hall–Kier alpha value is -1.64. The lowest BCUT2D eigenvalue weighted by Gasteiger charge is -2.12. The molecule has 1 atom stereocenters. The van der Waals surface area contributed by atoms with Gasteiger partial charge < -0.3 is 29.9 Å². The Labute approximate surface area is 132 Å². The maximum absolute atomic E-state index is 11.7. The van der Waals surface area contributed by atoms with Crippen molar-refractivity contribution in [2.75, 3.05) is 31.8 Å². The van der Waals surface area contributed by atoms with Gasteiger partial charge in [-0.25, -0.2) is 4.79 Å². The first-order chi connectivity index (χ1) is 10.5. The second-order valence-corrected chi connectivity index (χ2v) is 5.52. The Morgan fingerprint density at radius 2 is 1.86 bits per heavy atom. The second kappa shape index (κ2) is 9.39. The number of thioether (sulfide) groups is 1. The third-order valence-corrected chi connectivity index (χ3v) is 3.36. The highest BCUT2D eigenvalue weighted by Crippen LogP contribution is 2.35. The molecule has 0 aromatic heterocycles.